The van der Waals surface area contributed by atoms with Gasteiger partial charge < -0.3 is 5.21 Å². The first-order valence-corrected chi connectivity index (χ1v) is 6.27. The maximum absolute atomic E-state index is 9.19. The van der Waals surface area contributed by atoms with E-state index in [1.165, 1.54) is 0 Å². The molecule has 0 spiro atoms. The van der Waals surface area contributed by atoms with Gasteiger partial charge in [-0.2, -0.15) is 0 Å². The van der Waals surface area contributed by atoms with Gasteiger partial charge in [-0.25, -0.2) is 0 Å². The molecule has 1 aliphatic carbocycles. The zero-order valence-corrected chi connectivity index (χ0v) is 11.2. The number of benzene rings is 2. The molecular formula is C13H6Cl3NO. The summed E-state index contributed by atoms with van der Waals surface area (Å²) in [4.78, 5) is 0. The number of nitrogens with zero attached hydrogens (tertiary/aromatic N) is 1. The summed E-state index contributed by atoms with van der Waals surface area (Å²) in [6.45, 7) is 0. The number of rotatable bonds is 0. The Morgan fingerprint density at radius 1 is 0.833 bits per heavy atom. The maximum atomic E-state index is 9.19. The van der Waals surface area contributed by atoms with Crippen molar-refractivity contribution in [2.24, 2.45) is 5.16 Å². The molecule has 2 nitrogen and oxygen atoms in total. The van der Waals surface area contributed by atoms with E-state index in [0.29, 0.717) is 26.3 Å². The van der Waals surface area contributed by atoms with Crippen molar-refractivity contribution in [2.45, 2.75) is 0 Å². The van der Waals surface area contributed by atoms with Crippen molar-refractivity contribution in [2.75, 3.05) is 0 Å². The quantitative estimate of drug-likeness (QED) is 0.467. The second-order valence-corrected chi connectivity index (χ2v) is 5.23. The summed E-state index contributed by atoms with van der Waals surface area (Å²) in [6, 6.07) is 8.77. The van der Waals surface area contributed by atoms with E-state index in [1.807, 2.05) is 6.07 Å². The molecule has 0 aromatic heterocycles. The van der Waals surface area contributed by atoms with E-state index in [-0.39, 0.29) is 0 Å². The lowest BCUT2D eigenvalue weighted by Crippen LogP contribution is -1.97. The zero-order chi connectivity index (χ0) is 12.9. The van der Waals surface area contributed by atoms with Crippen LogP contribution in [0.2, 0.25) is 15.1 Å². The fraction of sp³-hybridized carbons (Fsp3) is 0. The molecule has 0 aliphatic heterocycles. The van der Waals surface area contributed by atoms with Gasteiger partial charge in [0.1, 0.15) is 5.71 Å². The van der Waals surface area contributed by atoms with Gasteiger partial charge in [-0.3, -0.25) is 0 Å². The Labute approximate surface area is 118 Å². The van der Waals surface area contributed by atoms with Gasteiger partial charge >= 0.3 is 0 Å². The Hall–Kier alpha value is -1.22. The van der Waals surface area contributed by atoms with Crippen LogP contribution < -0.4 is 0 Å². The van der Waals surface area contributed by atoms with Crippen molar-refractivity contribution in [3.63, 3.8) is 0 Å². The molecule has 0 bridgehead atoms. The fourth-order valence-electron chi connectivity index (χ4n) is 2.22. The summed E-state index contributed by atoms with van der Waals surface area (Å²) < 4.78 is 0. The predicted octanol–water partition coefficient (Wildman–Crippen LogP) is 4.85. The fourth-order valence-corrected chi connectivity index (χ4v) is 2.98. The lowest BCUT2D eigenvalue weighted by atomic mass is 10.1. The second kappa shape index (κ2) is 4.16. The zero-order valence-electron chi connectivity index (χ0n) is 8.92. The molecule has 2 aromatic carbocycles. The molecule has 0 amide bonds. The van der Waals surface area contributed by atoms with Crippen molar-refractivity contribution in [3.05, 3.63) is 56.5 Å². The molecule has 0 unspecified atom stereocenters. The molecule has 2 aromatic rings. The molecule has 0 saturated heterocycles. The van der Waals surface area contributed by atoms with Crippen LogP contribution in [0.4, 0.5) is 0 Å². The summed E-state index contributed by atoms with van der Waals surface area (Å²) >= 11 is 18.2. The molecule has 18 heavy (non-hydrogen) atoms. The number of hydrogen-bond donors (Lipinski definition) is 1. The first kappa shape index (κ1) is 11.8. The van der Waals surface area contributed by atoms with Crippen LogP contribution in [0.5, 0.6) is 0 Å². The van der Waals surface area contributed by atoms with Crippen LogP contribution in [-0.4, -0.2) is 10.9 Å². The van der Waals surface area contributed by atoms with E-state index in [1.54, 1.807) is 24.3 Å². The first-order chi connectivity index (χ1) is 8.61. The van der Waals surface area contributed by atoms with Gasteiger partial charge in [0.25, 0.3) is 0 Å². The van der Waals surface area contributed by atoms with E-state index >= 15 is 0 Å². The lowest BCUT2D eigenvalue weighted by molar-refractivity contribution is 0.320. The molecule has 0 atom stereocenters. The Kier molecular flexibility index (Phi) is 2.74. The standard InChI is InChI=1S/C13H6Cl3NO/c14-6-1-2-8-9(3-6)13(17-18)10-4-7(15)5-11(16)12(8)10/h1-5,18H. The Bertz CT molecular complexity index is 695. The van der Waals surface area contributed by atoms with Crippen molar-refractivity contribution < 1.29 is 5.21 Å². The van der Waals surface area contributed by atoms with Gasteiger partial charge in [0, 0.05) is 26.7 Å². The minimum Gasteiger partial charge on any atom is -0.410 e. The van der Waals surface area contributed by atoms with E-state index < -0.39 is 0 Å². The molecule has 1 N–H and O–H groups in total. The Morgan fingerprint density at radius 2 is 1.56 bits per heavy atom. The molecule has 0 fully saturated rings. The van der Waals surface area contributed by atoms with Gasteiger partial charge in [-0.1, -0.05) is 46.0 Å². The minimum atomic E-state index is 0.437. The molecule has 0 saturated carbocycles. The highest BCUT2D eigenvalue weighted by molar-refractivity contribution is 6.40. The predicted molar refractivity (Wildman–Crippen MR) is 74.3 cm³/mol. The summed E-state index contributed by atoms with van der Waals surface area (Å²) in [5, 5.41) is 14.1. The second-order valence-electron chi connectivity index (χ2n) is 3.95. The summed E-state index contributed by atoms with van der Waals surface area (Å²) in [5.41, 5.74) is 3.62. The van der Waals surface area contributed by atoms with Crippen LogP contribution in [0.3, 0.4) is 0 Å². The summed E-state index contributed by atoms with van der Waals surface area (Å²) in [6.07, 6.45) is 0. The molecule has 3 rings (SSSR count). The average Bonchev–Trinajstić information content (AvgIpc) is 2.61. The molecule has 0 radical (unpaired) electrons. The number of hydrogen-bond acceptors (Lipinski definition) is 2. The highest BCUT2D eigenvalue weighted by atomic mass is 35.5. The third-order valence-corrected chi connectivity index (χ3v) is 3.67. The van der Waals surface area contributed by atoms with Crippen LogP contribution in [0.1, 0.15) is 11.1 Å². The molecule has 5 heteroatoms. The normalized spacial score (nSPS) is 14.7. The molecule has 0 heterocycles. The maximum Gasteiger partial charge on any atom is 0.118 e. The number of oxime groups is 1. The third-order valence-electron chi connectivity index (χ3n) is 2.92. The molecular weight excluding hydrogens is 293 g/mol. The Balaban J connectivity index is 2.42. The number of halogens is 3. The van der Waals surface area contributed by atoms with Crippen molar-refractivity contribution in [1.29, 1.82) is 0 Å². The Morgan fingerprint density at radius 3 is 2.28 bits per heavy atom. The van der Waals surface area contributed by atoms with Crippen molar-refractivity contribution in [3.8, 4) is 11.1 Å². The lowest BCUT2D eigenvalue weighted by Gasteiger charge is -2.03. The van der Waals surface area contributed by atoms with Crippen molar-refractivity contribution in [1.82, 2.24) is 0 Å². The highest BCUT2D eigenvalue weighted by Crippen LogP contribution is 2.43. The van der Waals surface area contributed by atoms with Crippen LogP contribution in [-0.2, 0) is 0 Å². The topological polar surface area (TPSA) is 32.6 Å². The summed E-state index contributed by atoms with van der Waals surface area (Å²) in [7, 11) is 0. The van der Waals surface area contributed by atoms with Gasteiger partial charge in [0.2, 0.25) is 0 Å². The highest BCUT2D eigenvalue weighted by Gasteiger charge is 2.28. The average molecular weight is 299 g/mol. The van der Waals surface area contributed by atoms with E-state index in [9.17, 15) is 5.21 Å². The minimum absolute atomic E-state index is 0.437. The first-order valence-electron chi connectivity index (χ1n) is 5.13. The van der Waals surface area contributed by atoms with Crippen LogP contribution in [0, 0.1) is 0 Å². The smallest absolute Gasteiger partial charge is 0.118 e. The number of fused-ring (bicyclic) bond motifs is 3. The largest absolute Gasteiger partial charge is 0.410 e. The van der Waals surface area contributed by atoms with Crippen LogP contribution in [0.15, 0.2) is 35.5 Å². The van der Waals surface area contributed by atoms with E-state index in [2.05, 4.69) is 5.16 Å². The van der Waals surface area contributed by atoms with Crippen molar-refractivity contribution >= 4 is 40.5 Å². The van der Waals surface area contributed by atoms with Gasteiger partial charge in [0.05, 0.1) is 5.02 Å². The summed E-state index contributed by atoms with van der Waals surface area (Å²) in [5.74, 6) is 0. The van der Waals surface area contributed by atoms with Gasteiger partial charge in [-0.05, 0) is 29.8 Å². The van der Waals surface area contributed by atoms with E-state index in [0.717, 1.165) is 16.7 Å². The van der Waals surface area contributed by atoms with Gasteiger partial charge in [0.15, 0.2) is 0 Å². The molecule has 90 valence electrons. The third kappa shape index (κ3) is 1.61. The van der Waals surface area contributed by atoms with Gasteiger partial charge in [-0.15, -0.1) is 0 Å². The molecule has 1 aliphatic rings. The van der Waals surface area contributed by atoms with Crippen LogP contribution in [0.25, 0.3) is 11.1 Å². The van der Waals surface area contributed by atoms with Crippen LogP contribution >= 0.6 is 34.8 Å². The monoisotopic (exact) mass is 297 g/mol. The SMILES string of the molecule is ON=C1c2cc(Cl)ccc2-c2c(Cl)cc(Cl)cc21. The van der Waals surface area contributed by atoms with E-state index in [4.69, 9.17) is 34.8 Å².